The highest BCUT2D eigenvalue weighted by Gasteiger charge is 2.16. The molecule has 1 amide bonds. The maximum atomic E-state index is 11.9. The van der Waals surface area contributed by atoms with Crippen molar-refractivity contribution in [3.05, 3.63) is 23.8 Å². The molecule has 1 rings (SSSR count). The van der Waals surface area contributed by atoms with Gasteiger partial charge in [-0.3, -0.25) is 4.79 Å². The molecule has 0 unspecified atom stereocenters. The highest BCUT2D eigenvalue weighted by atomic mass is 16.5. The molecule has 0 fully saturated rings. The molecular weight excluding hydrogens is 216 g/mol. The summed E-state index contributed by atoms with van der Waals surface area (Å²) in [7, 11) is 0. The Morgan fingerprint density at radius 3 is 2.53 bits per heavy atom. The summed E-state index contributed by atoms with van der Waals surface area (Å²) >= 11 is 0. The molecule has 0 bridgehead atoms. The number of ether oxygens (including phenoxy) is 1. The van der Waals surface area contributed by atoms with Gasteiger partial charge in [-0.1, -0.05) is 0 Å². The lowest BCUT2D eigenvalue weighted by Gasteiger charge is -2.20. The number of benzene rings is 1. The average Bonchev–Trinajstić information content (AvgIpc) is 2.18. The van der Waals surface area contributed by atoms with Gasteiger partial charge < -0.3 is 15.8 Å². The molecule has 0 aliphatic rings. The zero-order chi connectivity index (χ0) is 13.1. The third kappa shape index (κ3) is 3.98. The predicted molar refractivity (Wildman–Crippen MR) is 69.2 cm³/mol. The van der Waals surface area contributed by atoms with E-state index < -0.39 is 0 Å². The molecule has 4 heteroatoms. The Balaban J connectivity index is 2.86. The fourth-order valence-electron chi connectivity index (χ4n) is 1.39. The normalized spacial score (nSPS) is 11.1. The minimum absolute atomic E-state index is 0.132. The van der Waals surface area contributed by atoms with Gasteiger partial charge in [0.1, 0.15) is 5.75 Å². The number of amides is 1. The SMILES string of the molecule is CCOc1ccc(C(=O)NC(C)(C)C)cc1N. The lowest BCUT2D eigenvalue weighted by molar-refractivity contribution is 0.0919. The molecule has 0 aliphatic heterocycles. The van der Waals surface area contributed by atoms with Gasteiger partial charge in [-0.2, -0.15) is 0 Å². The van der Waals surface area contributed by atoms with Crippen molar-refractivity contribution in [3.8, 4) is 5.75 Å². The van der Waals surface area contributed by atoms with Crippen molar-refractivity contribution < 1.29 is 9.53 Å². The fourth-order valence-corrected chi connectivity index (χ4v) is 1.39. The standard InChI is InChI=1S/C13H20N2O2/c1-5-17-11-7-6-9(8-10(11)14)12(16)15-13(2,3)4/h6-8H,5,14H2,1-4H3,(H,15,16). The zero-order valence-electron chi connectivity index (χ0n) is 10.8. The van der Waals surface area contributed by atoms with Crippen molar-refractivity contribution in [2.75, 3.05) is 12.3 Å². The van der Waals surface area contributed by atoms with Gasteiger partial charge in [0.25, 0.3) is 5.91 Å². The summed E-state index contributed by atoms with van der Waals surface area (Å²) < 4.78 is 5.32. The number of rotatable bonds is 3. The third-order valence-corrected chi connectivity index (χ3v) is 2.06. The second-order valence-corrected chi connectivity index (χ2v) is 4.89. The van der Waals surface area contributed by atoms with Crippen LogP contribution in [-0.2, 0) is 0 Å². The van der Waals surface area contributed by atoms with Crippen LogP contribution in [0, 0.1) is 0 Å². The highest BCUT2D eigenvalue weighted by Crippen LogP contribution is 2.22. The van der Waals surface area contributed by atoms with Gasteiger partial charge >= 0.3 is 0 Å². The number of hydrogen-bond donors (Lipinski definition) is 2. The molecule has 3 N–H and O–H groups in total. The van der Waals surface area contributed by atoms with Crippen LogP contribution in [0.25, 0.3) is 0 Å². The van der Waals surface area contributed by atoms with Crippen LogP contribution in [0.3, 0.4) is 0 Å². The number of hydrogen-bond acceptors (Lipinski definition) is 3. The van der Waals surface area contributed by atoms with Crippen molar-refractivity contribution in [2.24, 2.45) is 0 Å². The van der Waals surface area contributed by atoms with E-state index in [1.54, 1.807) is 18.2 Å². The molecule has 0 atom stereocenters. The largest absolute Gasteiger partial charge is 0.492 e. The van der Waals surface area contributed by atoms with Crippen molar-refractivity contribution in [1.82, 2.24) is 5.32 Å². The molecule has 0 spiro atoms. The first-order valence-electron chi connectivity index (χ1n) is 5.68. The van der Waals surface area contributed by atoms with Crippen LogP contribution in [-0.4, -0.2) is 18.1 Å². The minimum atomic E-state index is -0.259. The highest BCUT2D eigenvalue weighted by molar-refractivity contribution is 5.95. The fraction of sp³-hybridized carbons (Fsp3) is 0.462. The van der Waals surface area contributed by atoms with Gasteiger partial charge in [0.15, 0.2) is 0 Å². The quantitative estimate of drug-likeness (QED) is 0.791. The van der Waals surface area contributed by atoms with E-state index in [1.807, 2.05) is 27.7 Å². The molecule has 0 aromatic heterocycles. The molecule has 4 nitrogen and oxygen atoms in total. The molecule has 94 valence electrons. The zero-order valence-corrected chi connectivity index (χ0v) is 10.8. The Kier molecular flexibility index (Phi) is 3.99. The first-order chi connectivity index (χ1) is 7.83. The summed E-state index contributed by atoms with van der Waals surface area (Å²) in [4.78, 5) is 11.9. The summed E-state index contributed by atoms with van der Waals surface area (Å²) in [5.41, 5.74) is 6.57. The van der Waals surface area contributed by atoms with Gasteiger partial charge in [0, 0.05) is 11.1 Å². The Hall–Kier alpha value is -1.71. The van der Waals surface area contributed by atoms with E-state index in [2.05, 4.69) is 5.32 Å². The van der Waals surface area contributed by atoms with E-state index in [1.165, 1.54) is 0 Å². The van der Waals surface area contributed by atoms with Crippen molar-refractivity contribution in [1.29, 1.82) is 0 Å². The summed E-state index contributed by atoms with van der Waals surface area (Å²) in [6.07, 6.45) is 0. The maximum Gasteiger partial charge on any atom is 0.251 e. The van der Waals surface area contributed by atoms with E-state index in [9.17, 15) is 4.79 Å². The molecular formula is C13H20N2O2. The second-order valence-electron chi connectivity index (χ2n) is 4.89. The predicted octanol–water partition coefficient (Wildman–Crippen LogP) is 2.20. The molecule has 1 aromatic rings. The van der Waals surface area contributed by atoms with Gasteiger partial charge in [-0.05, 0) is 45.9 Å². The molecule has 0 radical (unpaired) electrons. The first kappa shape index (κ1) is 13.4. The molecule has 0 heterocycles. The molecule has 0 saturated heterocycles. The van der Waals surface area contributed by atoms with Crippen LogP contribution >= 0.6 is 0 Å². The number of carbonyl (C=O) groups is 1. The van der Waals surface area contributed by atoms with Gasteiger partial charge in [-0.15, -0.1) is 0 Å². The number of anilines is 1. The Morgan fingerprint density at radius 2 is 2.06 bits per heavy atom. The third-order valence-electron chi connectivity index (χ3n) is 2.06. The summed E-state index contributed by atoms with van der Waals surface area (Å²) in [5, 5.41) is 2.88. The van der Waals surface area contributed by atoms with Gasteiger partial charge in [-0.25, -0.2) is 0 Å². The van der Waals surface area contributed by atoms with Crippen LogP contribution in [0.15, 0.2) is 18.2 Å². The molecule has 17 heavy (non-hydrogen) atoms. The minimum Gasteiger partial charge on any atom is -0.492 e. The monoisotopic (exact) mass is 236 g/mol. The smallest absolute Gasteiger partial charge is 0.251 e. The van der Waals surface area contributed by atoms with Crippen LogP contribution in [0.5, 0.6) is 5.75 Å². The lowest BCUT2D eigenvalue weighted by atomic mass is 10.1. The van der Waals surface area contributed by atoms with E-state index in [0.29, 0.717) is 23.6 Å². The van der Waals surface area contributed by atoms with Crippen molar-refractivity contribution in [2.45, 2.75) is 33.2 Å². The molecule has 0 saturated carbocycles. The Labute approximate surface area is 102 Å². The average molecular weight is 236 g/mol. The summed E-state index contributed by atoms with van der Waals surface area (Å²) in [6.45, 7) is 8.24. The Morgan fingerprint density at radius 1 is 1.41 bits per heavy atom. The molecule has 1 aromatic carbocycles. The van der Waals surface area contributed by atoms with Crippen LogP contribution in [0.4, 0.5) is 5.69 Å². The van der Waals surface area contributed by atoms with Crippen molar-refractivity contribution >= 4 is 11.6 Å². The number of carbonyl (C=O) groups excluding carboxylic acids is 1. The number of nitrogen functional groups attached to an aromatic ring is 1. The van der Waals surface area contributed by atoms with Crippen LogP contribution in [0.2, 0.25) is 0 Å². The van der Waals surface area contributed by atoms with Gasteiger partial charge in [0.2, 0.25) is 0 Å². The molecule has 0 aliphatic carbocycles. The van der Waals surface area contributed by atoms with Crippen molar-refractivity contribution in [3.63, 3.8) is 0 Å². The number of nitrogens with one attached hydrogen (secondary N) is 1. The van der Waals surface area contributed by atoms with E-state index >= 15 is 0 Å². The Bertz CT molecular complexity index is 408. The lowest BCUT2D eigenvalue weighted by Crippen LogP contribution is -2.40. The second kappa shape index (κ2) is 5.08. The summed E-state index contributed by atoms with van der Waals surface area (Å²) in [5.74, 6) is 0.479. The first-order valence-corrected chi connectivity index (χ1v) is 5.68. The summed E-state index contributed by atoms with van der Waals surface area (Å²) in [6, 6.07) is 5.06. The maximum absolute atomic E-state index is 11.9. The van der Waals surface area contributed by atoms with E-state index in [4.69, 9.17) is 10.5 Å². The van der Waals surface area contributed by atoms with Crippen LogP contribution < -0.4 is 15.8 Å². The van der Waals surface area contributed by atoms with E-state index in [-0.39, 0.29) is 11.4 Å². The van der Waals surface area contributed by atoms with Crippen LogP contribution in [0.1, 0.15) is 38.1 Å². The van der Waals surface area contributed by atoms with E-state index in [0.717, 1.165) is 0 Å². The van der Waals surface area contributed by atoms with Gasteiger partial charge in [0.05, 0.1) is 12.3 Å². The topological polar surface area (TPSA) is 64.3 Å². The number of nitrogens with two attached hydrogens (primary N) is 1.